The van der Waals surface area contributed by atoms with Gasteiger partial charge in [-0.2, -0.15) is 0 Å². The van der Waals surface area contributed by atoms with Crippen LogP contribution in [-0.4, -0.2) is 25.3 Å². The Labute approximate surface area is 79.6 Å². The van der Waals surface area contributed by atoms with E-state index in [-0.39, 0.29) is 11.3 Å². The molecule has 0 fully saturated rings. The number of carbonyl (C=O) groups is 1. The lowest BCUT2D eigenvalue weighted by Crippen LogP contribution is -2.29. The van der Waals surface area contributed by atoms with Gasteiger partial charge in [0.2, 0.25) is 5.91 Å². The molecule has 0 heterocycles. The third-order valence-corrected chi connectivity index (χ3v) is 1.67. The molecule has 13 heavy (non-hydrogen) atoms. The molecule has 0 aliphatic rings. The summed E-state index contributed by atoms with van der Waals surface area (Å²) in [5, 5.41) is 2.53. The van der Waals surface area contributed by atoms with Gasteiger partial charge >= 0.3 is 0 Å². The second-order valence-electron chi connectivity index (χ2n) is 3.94. The van der Waals surface area contributed by atoms with Crippen LogP contribution in [0.2, 0.25) is 0 Å². The van der Waals surface area contributed by atoms with Gasteiger partial charge in [-0.05, 0) is 0 Å². The van der Waals surface area contributed by atoms with E-state index in [4.69, 9.17) is 5.73 Å². The molecule has 0 aliphatic carbocycles. The molecule has 0 bridgehead atoms. The Morgan fingerprint density at radius 2 is 2.00 bits per heavy atom. The minimum atomic E-state index is -0.108. The van der Waals surface area contributed by atoms with Crippen LogP contribution in [0.15, 0.2) is 4.99 Å². The summed E-state index contributed by atoms with van der Waals surface area (Å²) < 4.78 is 0. The molecular formula is C9H19N3O. The Kier molecular flexibility index (Phi) is 4.45. The first-order valence-corrected chi connectivity index (χ1v) is 4.39. The smallest absolute Gasteiger partial charge is 0.221 e. The van der Waals surface area contributed by atoms with Gasteiger partial charge in [0.1, 0.15) is 0 Å². The summed E-state index contributed by atoms with van der Waals surface area (Å²) >= 11 is 0. The van der Waals surface area contributed by atoms with Crippen LogP contribution in [0.3, 0.4) is 0 Å². The van der Waals surface area contributed by atoms with Gasteiger partial charge in [0.25, 0.3) is 0 Å². The number of carbonyl (C=O) groups excluding carboxylic acids is 1. The van der Waals surface area contributed by atoms with Gasteiger partial charge in [-0.1, -0.05) is 20.8 Å². The van der Waals surface area contributed by atoms with Crippen molar-refractivity contribution in [3.05, 3.63) is 0 Å². The van der Waals surface area contributed by atoms with Gasteiger partial charge in [0.05, 0.1) is 5.84 Å². The zero-order valence-electron chi connectivity index (χ0n) is 8.85. The molecule has 0 aromatic heterocycles. The molecule has 0 atom stereocenters. The highest BCUT2D eigenvalue weighted by atomic mass is 16.1. The van der Waals surface area contributed by atoms with Crippen molar-refractivity contribution < 1.29 is 4.79 Å². The van der Waals surface area contributed by atoms with E-state index in [9.17, 15) is 4.79 Å². The standard InChI is InChI=1S/C9H19N3O/c1-9(2,3)8(10)12-6-5-7(13)11-4/h5-6H2,1-4H3,(H2,10,12)(H,11,13). The zero-order valence-corrected chi connectivity index (χ0v) is 8.85. The molecule has 0 saturated heterocycles. The van der Waals surface area contributed by atoms with Crippen LogP contribution in [0.5, 0.6) is 0 Å². The fraction of sp³-hybridized carbons (Fsp3) is 0.778. The van der Waals surface area contributed by atoms with E-state index >= 15 is 0 Å². The Morgan fingerprint density at radius 1 is 1.46 bits per heavy atom. The van der Waals surface area contributed by atoms with Crippen LogP contribution in [0, 0.1) is 5.41 Å². The van der Waals surface area contributed by atoms with Crippen molar-refractivity contribution in [1.82, 2.24) is 5.32 Å². The fourth-order valence-electron chi connectivity index (χ4n) is 0.640. The molecule has 0 unspecified atom stereocenters. The van der Waals surface area contributed by atoms with Gasteiger partial charge in [-0.25, -0.2) is 0 Å². The van der Waals surface area contributed by atoms with E-state index in [0.29, 0.717) is 18.8 Å². The molecule has 4 nitrogen and oxygen atoms in total. The summed E-state index contributed by atoms with van der Waals surface area (Å²) in [7, 11) is 1.61. The number of nitrogens with two attached hydrogens (primary N) is 1. The van der Waals surface area contributed by atoms with Gasteiger partial charge in [-0.15, -0.1) is 0 Å². The topological polar surface area (TPSA) is 67.5 Å². The Morgan fingerprint density at radius 3 is 2.38 bits per heavy atom. The molecule has 0 aromatic carbocycles. The molecular weight excluding hydrogens is 166 g/mol. The van der Waals surface area contributed by atoms with Crippen molar-refractivity contribution in [3.63, 3.8) is 0 Å². The molecule has 0 aliphatic heterocycles. The lowest BCUT2D eigenvalue weighted by molar-refractivity contribution is -0.120. The quantitative estimate of drug-likeness (QED) is 0.497. The van der Waals surface area contributed by atoms with E-state index in [0.717, 1.165) is 0 Å². The molecule has 4 heteroatoms. The van der Waals surface area contributed by atoms with Crippen LogP contribution in [0.25, 0.3) is 0 Å². The van der Waals surface area contributed by atoms with Crippen LogP contribution >= 0.6 is 0 Å². The second-order valence-corrected chi connectivity index (χ2v) is 3.94. The number of aliphatic imine (C=N–C) groups is 1. The monoisotopic (exact) mass is 185 g/mol. The molecule has 3 N–H and O–H groups in total. The Hall–Kier alpha value is -1.06. The lowest BCUT2D eigenvalue weighted by Gasteiger charge is -2.17. The number of hydrogen-bond donors (Lipinski definition) is 2. The molecule has 76 valence electrons. The summed E-state index contributed by atoms with van der Waals surface area (Å²) in [6, 6.07) is 0. The summed E-state index contributed by atoms with van der Waals surface area (Å²) in [6.45, 7) is 6.44. The predicted octanol–water partition coefficient (Wildman–Crippen LogP) is 0.526. The maximum Gasteiger partial charge on any atom is 0.221 e. The number of nitrogens with zero attached hydrogens (tertiary/aromatic N) is 1. The van der Waals surface area contributed by atoms with Crippen molar-refractivity contribution in [1.29, 1.82) is 0 Å². The van der Waals surface area contributed by atoms with Crippen molar-refractivity contribution >= 4 is 11.7 Å². The van der Waals surface area contributed by atoms with Gasteiger partial charge < -0.3 is 11.1 Å². The Bertz CT molecular complexity index is 203. The van der Waals surface area contributed by atoms with Gasteiger partial charge in [-0.3, -0.25) is 9.79 Å². The number of amidine groups is 1. The maximum atomic E-state index is 10.8. The third-order valence-electron chi connectivity index (χ3n) is 1.67. The normalized spacial score (nSPS) is 12.8. The number of nitrogens with one attached hydrogen (secondary N) is 1. The SMILES string of the molecule is CNC(=O)CCN=C(N)C(C)(C)C. The average Bonchev–Trinajstić information content (AvgIpc) is 2.02. The first-order chi connectivity index (χ1) is 5.88. The third kappa shape index (κ3) is 5.22. The summed E-state index contributed by atoms with van der Waals surface area (Å²) in [5.74, 6) is 0.585. The highest BCUT2D eigenvalue weighted by Crippen LogP contribution is 2.12. The average molecular weight is 185 g/mol. The van der Waals surface area contributed by atoms with Crippen LogP contribution in [-0.2, 0) is 4.79 Å². The molecule has 0 radical (unpaired) electrons. The van der Waals surface area contributed by atoms with Crippen molar-refractivity contribution in [2.75, 3.05) is 13.6 Å². The fourth-order valence-corrected chi connectivity index (χ4v) is 0.640. The second kappa shape index (κ2) is 4.84. The van der Waals surface area contributed by atoms with Crippen LogP contribution in [0.1, 0.15) is 27.2 Å². The summed E-state index contributed by atoms with van der Waals surface area (Å²) in [5.41, 5.74) is 5.59. The summed E-state index contributed by atoms with van der Waals surface area (Å²) in [4.78, 5) is 14.9. The van der Waals surface area contributed by atoms with Crippen molar-refractivity contribution in [3.8, 4) is 0 Å². The number of hydrogen-bond acceptors (Lipinski definition) is 2. The van der Waals surface area contributed by atoms with E-state index in [1.54, 1.807) is 7.05 Å². The first-order valence-electron chi connectivity index (χ1n) is 4.39. The molecule has 0 aromatic rings. The van der Waals surface area contributed by atoms with E-state index in [1.165, 1.54) is 0 Å². The minimum Gasteiger partial charge on any atom is -0.387 e. The largest absolute Gasteiger partial charge is 0.387 e. The minimum absolute atomic E-state index is 0.00883. The highest BCUT2D eigenvalue weighted by molar-refractivity contribution is 5.85. The van der Waals surface area contributed by atoms with Crippen LogP contribution < -0.4 is 11.1 Å². The van der Waals surface area contributed by atoms with Gasteiger partial charge in [0.15, 0.2) is 0 Å². The predicted molar refractivity (Wildman–Crippen MR) is 54.6 cm³/mol. The highest BCUT2D eigenvalue weighted by Gasteiger charge is 2.14. The summed E-state index contributed by atoms with van der Waals surface area (Å²) in [6.07, 6.45) is 0.396. The molecule has 0 spiro atoms. The van der Waals surface area contributed by atoms with E-state index in [1.807, 2.05) is 20.8 Å². The van der Waals surface area contributed by atoms with Crippen LogP contribution in [0.4, 0.5) is 0 Å². The number of rotatable bonds is 3. The van der Waals surface area contributed by atoms with Crippen molar-refractivity contribution in [2.24, 2.45) is 16.1 Å². The first kappa shape index (κ1) is 11.9. The Balaban J connectivity index is 3.92. The molecule has 0 rings (SSSR count). The lowest BCUT2D eigenvalue weighted by atomic mass is 9.95. The zero-order chi connectivity index (χ0) is 10.5. The maximum absolute atomic E-state index is 10.8. The van der Waals surface area contributed by atoms with E-state index < -0.39 is 0 Å². The molecule has 1 amide bonds. The van der Waals surface area contributed by atoms with E-state index in [2.05, 4.69) is 10.3 Å². The van der Waals surface area contributed by atoms with Crippen molar-refractivity contribution in [2.45, 2.75) is 27.2 Å². The molecule has 0 saturated carbocycles. The number of amides is 1. The van der Waals surface area contributed by atoms with Gasteiger partial charge in [0, 0.05) is 25.4 Å².